The molecule has 0 aromatic heterocycles. The molecule has 8 rings (SSSR count). The fourth-order valence-electron chi connectivity index (χ4n) is 5.03. The lowest BCUT2D eigenvalue weighted by molar-refractivity contribution is 0.277. The lowest BCUT2D eigenvalue weighted by atomic mass is 10.2. The highest BCUT2D eigenvalue weighted by Gasteiger charge is 1.99. The Hall–Kier alpha value is -6.88. The Balaban J connectivity index is 0.000000400. The van der Waals surface area contributed by atoms with E-state index in [1.807, 2.05) is 228 Å². The first-order valence-corrected chi connectivity index (χ1v) is 22.0. The van der Waals surface area contributed by atoms with Gasteiger partial charge in [0.2, 0.25) is 0 Å². The van der Waals surface area contributed by atoms with Crippen LogP contribution in [0.15, 0.2) is 218 Å². The van der Waals surface area contributed by atoms with Crippen LogP contribution in [0.2, 0.25) is 0 Å². The van der Waals surface area contributed by atoms with Crippen LogP contribution in [0.25, 0.3) is 0 Å². The van der Waals surface area contributed by atoms with Crippen LogP contribution >= 0.6 is 0 Å². The maximum absolute atomic E-state index is 5.74. The first kappa shape index (κ1) is 55.1. The van der Waals surface area contributed by atoms with E-state index in [-0.39, 0.29) is 0 Å². The second kappa shape index (κ2) is 35.7. The van der Waals surface area contributed by atoms with Crippen molar-refractivity contribution >= 4 is 0 Å². The van der Waals surface area contributed by atoms with Crippen molar-refractivity contribution < 1.29 is 18.9 Å². The molecule has 0 heterocycles. The third-order valence-corrected chi connectivity index (χ3v) is 8.07. The largest absolute Gasteiger partial charge is 0.457 e. The van der Waals surface area contributed by atoms with Crippen molar-refractivity contribution in [1.29, 1.82) is 0 Å². The molecule has 8 aromatic carbocycles. The summed E-state index contributed by atoms with van der Waals surface area (Å²) in [4.78, 5) is 0. The number of rotatable bonds is 6. The van der Waals surface area contributed by atoms with Crippen molar-refractivity contribution in [3.63, 3.8) is 0 Å². The van der Waals surface area contributed by atoms with Gasteiger partial charge in [-0.05, 0) is 131 Å². The summed E-state index contributed by atoms with van der Waals surface area (Å²) < 4.78 is 21.4. The number of hydrogen-bond acceptors (Lipinski definition) is 4. The lowest BCUT2D eigenvalue weighted by Gasteiger charge is -2.06. The van der Waals surface area contributed by atoms with E-state index >= 15 is 0 Å². The van der Waals surface area contributed by atoms with Gasteiger partial charge in [0.1, 0.15) is 34.5 Å². The number of aryl methyl sites for hydroxylation is 6. The topological polar surface area (TPSA) is 36.9 Å². The molecule has 336 valence electrons. The average molecular weight is 857 g/mol. The number of hydrogen-bond donors (Lipinski definition) is 0. The summed E-state index contributed by atoms with van der Waals surface area (Å²) in [6.07, 6.45) is 0. The van der Waals surface area contributed by atoms with Crippen LogP contribution in [-0.2, 0) is 4.74 Å². The quantitative estimate of drug-likeness (QED) is 0.167. The summed E-state index contributed by atoms with van der Waals surface area (Å²) in [5, 5.41) is 0. The Morgan fingerprint density at radius 3 is 0.609 bits per heavy atom. The average Bonchev–Trinajstić information content (AvgIpc) is 3.32. The second-order valence-corrected chi connectivity index (χ2v) is 13.9. The summed E-state index contributed by atoms with van der Waals surface area (Å²) in [6, 6.07) is 72.3. The van der Waals surface area contributed by atoms with E-state index in [4.69, 9.17) is 14.2 Å². The zero-order valence-electron chi connectivity index (χ0n) is 40.4. The van der Waals surface area contributed by atoms with Gasteiger partial charge in [-0.1, -0.05) is 190 Å². The maximum Gasteiger partial charge on any atom is 0.127 e. The van der Waals surface area contributed by atoms with Gasteiger partial charge in [0.15, 0.2) is 0 Å². The monoisotopic (exact) mass is 857 g/mol. The van der Waals surface area contributed by atoms with Crippen LogP contribution < -0.4 is 14.2 Å². The van der Waals surface area contributed by atoms with E-state index in [2.05, 4.69) is 64.5 Å². The second-order valence-electron chi connectivity index (χ2n) is 13.9. The van der Waals surface area contributed by atoms with Gasteiger partial charge in [-0.3, -0.25) is 0 Å². The molecule has 0 amide bonds. The molecule has 8 aromatic rings. The van der Waals surface area contributed by atoms with Gasteiger partial charge in [-0.15, -0.1) is 0 Å². The Kier molecular flexibility index (Phi) is 30.7. The fourth-order valence-corrected chi connectivity index (χ4v) is 5.03. The van der Waals surface area contributed by atoms with Gasteiger partial charge < -0.3 is 18.9 Å². The van der Waals surface area contributed by atoms with Crippen LogP contribution in [0.5, 0.6) is 34.5 Å². The molecule has 0 unspecified atom stereocenters. The van der Waals surface area contributed by atoms with E-state index in [1.165, 1.54) is 33.4 Å². The first-order valence-electron chi connectivity index (χ1n) is 22.0. The van der Waals surface area contributed by atoms with Crippen molar-refractivity contribution in [3.05, 3.63) is 252 Å². The molecule has 0 fully saturated rings. The molecular formula is C60H72O4. The summed E-state index contributed by atoms with van der Waals surface area (Å²) in [6.45, 7) is 20.4. The summed E-state index contributed by atoms with van der Waals surface area (Å²) in [5.41, 5.74) is 7.35. The summed E-state index contributed by atoms with van der Waals surface area (Å²) in [5.74, 6) is 5.31. The molecule has 0 N–H and O–H groups in total. The van der Waals surface area contributed by atoms with Gasteiger partial charge in [0.05, 0.1) is 0 Å². The summed E-state index contributed by atoms with van der Waals surface area (Å²) in [7, 11) is 3.25. The lowest BCUT2D eigenvalue weighted by Crippen LogP contribution is -1.84. The van der Waals surface area contributed by atoms with E-state index < -0.39 is 0 Å². The van der Waals surface area contributed by atoms with Gasteiger partial charge in [-0.2, -0.15) is 0 Å². The standard InChI is InChI=1S/3C14H14O.2C6H6.C2H6O.2C2H6/c1-11-3-7-13(8-4-11)15-14-9-5-12(2)6-10-14;1-11-5-3-7-13(9-11)15-14-8-4-6-12(2)10-14;1-11-6-8-13(9-7-11)15-14-5-3-4-12(2)10-14;2*1-2-4-6-5-3-1;1-3-2;2*1-2/h3*3-10H,1-2H3;2*1-6H;1-2H3;2*1-2H3. The highest BCUT2D eigenvalue weighted by molar-refractivity contribution is 5.37. The molecule has 0 bridgehead atoms. The third kappa shape index (κ3) is 27.1. The van der Waals surface area contributed by atoms with Crippen LogP contribution in [0.1, 0.15) is 61.1 Å². The Morgan fingerprint density at radius 1 is 0.219 bits per heavy atom. The molecule has 0 aliphatic heterocycles. The normalized spacial score (nSPS) is 9.00. The predicted octanol–water partition coefficient (Wildman–Crippen LogP) is 18.0. The highest BCUT2D eigenvalue weighted by Crippen LogP contribution is 2.24. The molecule has 0 radical (unpaired) electrons. The fraction of sp³-hybridized carbons (Fsp3) is 0.200. The van der Waals surface area contributed by atoms with Crippen molar-refractivity contribution in [3.8, 4) is 34.5 Å². The first-order chi connectivity index (χ1) is 31.1. The molecule has 0 aliphatic rings. The maximum atomic E-state index is 5.74. The Morgan fingerprint density at radius 2 is 0.406 bits per heavy atom. The van der Waals surface area contributed by atoms with Crippen LogP contribution in [-0.4, -0.2) is 14.2 Å². The smallest absolute Gasteiger partial charge is 0.127 e. The molecule has 0 atom stereocenters. The molecular weight excluding hydrogens is 785 g/mol. The minimum Gasteiger partial charge on any atom is -0.457 e. The minimum atomic E-state index is 0.879. The van der Waals surface area contributed by atoms with E-state index in [0.717, 1.165) is 34.5 Å². The van der Waals surface area contributed by atoms with Crippen molar-refractivity contribution in [2.24, 2.45) is 0 Å². The Labute approximate surface area is 387 Å². The van der Waals surface area contributed by atoms with E-state index in [1.54, 1.807) is 14.2 Å². The highest BCUT2D eigenvalue weighted by atomic mass is 16.5. The van der Waals surface area contributed by atoms with Crippen LogP contribution in [0.4, 0.5) is 0 Å². The zero-order valence-corrected chi connectivity index (χ0v) is 40.4. The zero-order chi connectivity index (χ0) is 47.2. The van der Waals surface area contributed by atoms with Crippen LogP contribution in [0, 0.1) is 41.5 Å². The van der Waals surface area contributed by atoms with Crippen LogP contribution in [0.3, 0.4) is 0 Å². The molecule has 0 aliphatic carbocycles. The molecule has 0 saturated carbocycles. The van der Waals surface area contributed by atoms with E-state index in [9.17, 15) is 0 Å². The van der Waals surface area contributed by atoms with Gasteiger partial charge >= 0.3 is 0 Å². The van der Waals surface area contributed by atoms with Crippen molar-refractivity contribution in [1.82, 2.24) is 0 Å². The molecule has 0 saturated heterocycles. The molecule has 4 nitrogen and oxygen atoms in total. The number of methoxy groups -OCH3 is 1. The molecule has 0 spiro atoms. The van der Waals surface area contributed by atoms with Gasteiger partial charge in [0, 0.05) is 14.2 Å². The molecule has 4 heteroatoms. The number of benzene rings is 8. The van der Waals surface area contributed by atoms with Crippen molar-refractivity contribution in [2.45, 2.75) is 69.2 Å². The minimum absolute atomic E-state index is 0.879. The SMILES string of the molecule is CC.CC.COC.Cc1ccc(Oc2ccc(C)cc2)cc1.Cc1ccc(Oc2cccc(C)c2)cc1.Cc1cccc(Oc2cccc(C)c2)c1.c1ccccc1.c1ccccc1. The Bertz CT molecular complexity index is 2100. The van der Waals surface area contributed by atoms with Gasteiger partial charge in [-0.25, -0.2) is 0 Å². The number of ether oxygens (including phenoxy) is 4. The summed E-state index contributed by atoms with van der Waals surface area (Å²) >= 11 is 0. The predicted molar refractivity (Wildman–Crippen MR) is 276 cm³/mol. The van der Waals surface area contributed by atoms with E-state index in [0.29, 0.717) is 0 Å². The van der Waals surface area contributed by atoms with Gasteiger partial charge in [0.25, 0.3) is 0 Å². The molecule has 64 heavy (non-hydrogen) atoms. The third-order valence-electron chi connectivity index (χ3n) is 8.07. The van der Waals surface area contributed by atoms with Crippen molar-refractivity contribution in [2.75, 3.05) is 14.2 Å².